The summed E-state index contributed by atoms with van der Waals surface area (Å²) in [6.45, 7) is 4.73. The van der Waals surface area contributed by atoms with Gasteiger partial charge in [0, 0.05) is 5.56 Å². The first-order chi connectivity index (χ1) is 10.2. The van der Waals surface area contributed by atoms with Gasteiger partial charge in [-0.1, -0.05) is 50.2 Å². The molecule has 0 aromatic heterocycles. The smallest absolute Gasteiger partial charge is 0.167 e. The summed E-state index contributed by atoms with van der Waals surface area (Å²) in [5.74, 6) is 1.77. The molecule has 0 aliphatic rings. The second kappa shape index (κ2) is 7.14. The Balaban J connectivity index is 2.12. The van der Waals surface area contributed by atoms with Crippen LogP contribution in [0.2, 0.25) is 0 Å². The Morgan fingerprint density at radius 3 is 2.33 bits per heavy atom. The van der Waals surface area contributed by atoms with Gasteiger partial charge in [-0.2, -0.15) is 0 Å². The summed E-state index contributed by atoms with van der Waals surface area (Å²) in [5.41, 5.74) is 3.13. The molecule has 0 amide bonds. The van der Waals surface area contributed by atoms with Crippen LogP contribution in [0.25, 0.3) is 0 Å². The molecule has 0 aliphatic heterocycles. The normalized spacial score (nSPS) is 10.7. The maximum Gasteiger partial charge on any atom is 0.167 e. The summed E-state index contributed by atoms with van der Waals surface area (Å²) in [7, 11) is 1.60. The Morgan fingerprint density at radius 2 is 1.76 bits per heavy atom. The summed E-state index contributed by atoms with van der Waals surface area (Å²) in [4.78, 5) is 0. The number of rotatable bonds is 6. The van der Waals surface area contributed by atoms with E-state index in [1.165, 1.54) is 5.56 Å². The minimum atomic E-state index is -0.0706. The van der Waals surface area contributed by atoms with Crippen molar-refractivity contribution in [1.29, 1.82) is 0 Å². The molecule has 21 heavy (non-hydrogen) atoms. The summed E-state index contributed by atoms with van der Waals surface area (Å²) in [6.07, 6.45) is 0. The van der Waals surface area contributed by atoms with Gasteiger partial charge in [-0.05, 0) is 23.1 Å². The lowest BCUT2D eigenvalue weighted by Gasteiger charge is -2.14. The monoisotopic (exact) mass is 286 g/mol. The van der Waals surface area contributed by atoms with Crippen molar-refractivity contribution in [3.63, 3.8) is 0 Å². The van der Waals surface area contributed by atoms with Crippen LogP contribution >= 0.6 is 0 Å². The van der Waals surface area contributed by atoms with Crippen LogP contribution < -0.4 is 9.47 Å². The maximum absolute atomic E-state index is 9.40. The fourth-order valence-corrected chi connectivity index (χ4v) is 2.16. The molecule has 0 bridgehead atoms. The van der Waals surface area contributed by atoms with Crippen LogP contribution in [0, 0.1) is 0 Å². The number of aliphatic hydroxyl groups is 1. The summed E-state index contributed by atoms with van der Waals surface area (Å²) in [5, 5.41) is 9.40. The van der Waals surface area contributed by atoms with E-state index >= 15 is 0 Å². The molecular weight excluding hydrogens is 264 g/mol. The number of hydrogen-bond donors (Lipinski definition) is 1. The highest BCUT2D eigenvalue weighted by Gasteiger charge is 2.10. The third-order valence-electron chi connectivity index (χ3n) is 3.48. The Hall–Kier alpha value is -2.00. The first-order valence-electron chi connectivity index (χ1n) is 7.14. The van der Waals surface area contributed by atoms with Crippen LogP contribution in [-0.4, -0.2) is 12.2 Å². The third-order valence-corrected chi connectivity index (χ3v) is 3.48. The van der Waals surface area contributed by atoms with E-state index in [0.29, 0.717) is 24.0 Å². The number of aliphatic hydroxyl groups excluding tert-OH is 1. The van der Waals surface area contributed by atoms with Gasteiger partial charge >= 0.3 is 0 Å². The number of hydrogen-bond acceptors (Lipinski definition) is 3. The first-order valence-corrected chi connectivity index (χ1v) is 7.14. The van der Waals surface area contributed by atoms with E-state index in [2.05, 4.69) is 38.1 Å². The predicted octanol–water partition coefficient (Wildman–Crippen LogP) is 3.89. The number of benzene rings is 2. The van der Waals surface area contributed by atoms with E-state index in [9.17, 15) is 5.11 Å². The average molecular weight is 286 g/mol. The van der Waals surface area contributed by atoms with Crippen LogP contribution in [0.3, 0.4) is 0 Å². The SMILES string of the molecule is COc1cccc(CO)c1OCc1ccc(C(C)C)cc1. The van der Waals surface area contributed by atoms with Gasteiger partial charge in [-0.3, -0.25) is 0 Å². The largest absolute Gasteiger partial charge is 0.493 e. The molecule has 0 saturated heterocycles. The summed E-state index contributed by atoms with van der Waals surface area (Å²) >= 11 is 0. The minimum absolute atomic E-state index is 0.0706. The molecule has 112 valence electrons. The standard InChI is InChI=1S/C18H22O3/c1-13(2)15-9-7-14(8-10-15)12-21-18-16(11-19)5-4-6-17(18)20-3/h4-10,13,19H,11-12H2,1-3H3. The lowest BCUT2D eigenvalue weighted by molar-refractivity contribution is 0.250. The van der Waals surface area contributed by atoms with Gasteiger partial charge in [0.25, 0.3) is 0 Å². The molecule has 0 fully saturated rings. The Labute approximate surface area is 126 Å². The molecule has 2 aromatic rings. The van der Waals surface area contributed by atoms with Crippen molar-refractivity contribution in [3.05, 3.63) is 59.2 Å². The van der Waals surface area contributed by atoms with Crippen molar-refractivity contribution in [1.82, 2.24) is 0 Å². The zero-order valence-electron chi connectivity index (χ0n) is 12.8. The minimum Gasteiger partial charge on any atom is -0.493 e. The molecule has 0 radical (unpaired) electrons. The highest BCUT2D eigenvalue weighted by molar-refractivity contribution is 5.46. The molecule has 1 N–H and O–H groups in total. The second-order valence-electron chi connectivity index (χ2n) is 5.29. The van der Waals surface area contributed by atoms with Gasteiger partial charge in [0.1, 0.15) is 6.61 Å². The molecule has 0 unspecified atom stereocenters. The number of ether oxygens (including phenoxy) is 2. The van der Waals surface area contributed by atoms with Crippen molar-refractivity contribution in [2.75, 3.05) is 7.11 Å². The second-order valence-corrected chi connectivity index (χ2v) is 5.29. The van der Waals surface area contributed by atoms with Crippen molar-refractivity contribution in [2.45, 2.75) is 33.0 Å². The molecule has 0 heterocycles. The van der Waals surface area contributed by atoms with Gasteiger partial charge < -0.3 is 14.6 Å². The molecule has 0 atom stereocenters. The van der Waals surface area contributed by atoms with Gasteiger partial charge in [0.05, 0.1) is 13.7 Å². The fraction of sp³-hybridized carbons (Fsp3) is 0.333. The molecule has 0 aliphatic carbocycles. The van der Waals surface area contributed by atoms with Crippen LogP contribution in [0.15, 0.2) is 42.5 Å². The first kappa shape index (κ1) is 15.4. The molecule has 2 aromatic carbocycles. The van der Waals surface area contributed by atoms with Crippen LogP contribution in [-0.2, 0) is 13.2 Å². The van der Waals surface area contributed by atoms with Crippen molar-refractivity contribution < 1.29 is 14.6 Å². The summed E-state index contributed by atoms with van der Waals surface area (Å²) < 4.78 is 11.1. The lowest BCUT2D eigenvalue weighted by Crippen LogP contribution is -2.01. The van der Waals surface area contributed by atoms with Gasteiger partial charge in [-0.25, -0.2) is 0 Å². The highest BCUT2D eigenvalue weighted by Crippen LogP contribution is 2.31. The van der Waals surface area contributed by atoms with E-state index in [1.54, 1.807) is 7.11 Å². The zero-order valence-corrected chi connectivity index (χ0v) is 12.8. The van der Waals surface area contributed by atoms with Gasteiger partial charge in [0.2, 0.25) is 0 Å². The molecule has 3 nitrogen and oxygen atoms in total. The Morgan fingerprint density at radius 1 is 1.05 bits per heavy atom. The molecule has 0 spiro atoms. The average Bonchev–Trinajstić information content (AvgIpc) is 2.52. The Kier molecular flexibility index (Phi) is 5.23. The van der Waals surface area contributed by atoms with Crippen molar-refractivity contribution in [3.8, 4) is 11.5 Å². The number of methoxy groups -OCH3 is 1. The third kappa shape index (κ3) is 3.76. The maximum atomic E-state index is 9.40. The van der Waals surface area contributed by atoms with Crippen molar-refractivity contribution in [2.24, 2.45) is 0 Å². The van der Waals surface area contributed by atoms with Crippen LogP contribution in [0.5, 0.6) is 11.5 Å². The topological polar surface area (TPSA) is 38.7 Å². The van der Waals surface area contributed by atoms with E-state index in [4.69, 9.17) is 9.47 Å². The van der Waals surface area contributed by atoms with E-state index in [-0.39, 0.29) is 6.61 Å². The van der Waals surface area contributed by atoms with E-state index in [1.807, 2.05) is 18.2 Å². The molecule has 3 heteroatoms. The summed E-state index contributed by atoms with van der Waals surface area (Å²) in [6, 6.07) is 13.9. The van der Waals surface area contributed by atoms with E-state index in [0.717, 1.165) is 11.1 Å². The molecule has 2 rings (SSSR count). The molecular formula is C18H22O3. The van der Waals surface area contributed by atoms with Crippen molar-refractivity contribution >= 4 is 0 Å². The quantitative estimate of drug-likeness (QED) is 0.875. The predicted molar refractivity (Wildman–Crippen MR) is 83.8 cm³/mol. The fourth-order valence-electron chi connectivity index (χ4n) is 2.16. The highest BCUT2D eigenvalue weighted by atomic mass is 16.5. The van der Waals surface area contributed by atoms with Crippen LogP contribution in [0.1, 0.15) is 36.5 Å². The molecule has 0 saturated carbocycles. The number of para-hydroxylation sites is 1. The Bertz CT molecular complexity index is 551. The van der Waals surface area contributed by atoms with E-state index < -0.39 is 0 Å². The zero-order chi connectivity index (χ0) is 15.2. The van der Waals surface area contributed by atoms with Gasteiger partial charge in [-0.15, -0.1) is 0 Å². The lowest BCUT2D eigenvalue weighted by atomic mass is 10.0. The van der Waals surface area contributed by atoms with Gasteiger partial charge in [0.15, 0.2) is 11.5 Å². The van der Waals surface area contributed by atoms with Crippen LogP contribution in [0.4, 0.5) is 0 Å².